The standard InChI is InChI=1S/C20H25NO4S2/c1-3-13-25-16-10-8-15(9-11-16)14-17-19(23)21(20(26)27-17)12-6-4-5-7-18(22)24-2/h8-11,14H,3-7,12-13H2,1-2H3/b17-14-. The molecule has 0 bridgehead atoms. The van der Waals surface area contributed by atoms with Crippen LogP contribution < -0.4 is 4.74 Å². The fraction of sp³-hybridized carbons (Fsp3) is 0.450. The van der Waals surface area contributed by atoms with E-state index in [1.807, 2.05) is 30.3 Å². The lowest BCUT2D eigenvalue weighted by Crippen LogP contribution is -2.29. The number of carbonyl (C=O) groups is 2. The summed E-state index contributed by atoms with van der Waals surface area (Å²) in [6.07, 6.45) is 5.65. The van der Waals surface area contributed by atoms with Gasteiger partial charge in [0.05, 0.1) is 18.6 Å². The van der Waals surface area contributed by atoms with Gasteiger partial charge in [-0.3, -0.25) is 14.5 Å². The van der Waals surface area contributed by atoms with Gasteiger partial charge in [-0.2, -0.15) is 0 Å². The molecule has 1 saturated heterocycles. The first-order chi connectivity index (χ1) is 13.0. The Hall–Kier alpha value is -1.86. The number of amides is 1. The Balaban J connectivity index is 1.87. The SMILES string of the molecule is CCCOc1ccc(/C=C2\SC(=S)N(CCCCCC(=O)OC)C2=O)cc1. The highest BCUT2D eigenvalue weighted by Crippen LogP contribution is 2.33. The topological polar surface area (TPSA) is 55.8 Å². The Bertz CT molecular complexity index is 700. The summed E-state index contributed by atoms with van der Waals surface area (Å²) in [5.74, 6) is 0.576. The number of carbonyl (C=O) groups excluding carboxylic acids is 2. The van der Waals surface area contributed by atoms with Crippen molar-refractivity contribution in [3.8, 4) is 5.75 Å². The molecule has 1 aromatic rings. The van der Waals surface area contributed by atoms with Crippen molar-refractivity contribution in [1.29, 1.82) is 0 Å². The van der Waals surface area contributed by atoms with E-state index in [0.29, 0.717) is 28.8 Å². The maximum absolute atomic E-state index is 12.6. The lowest BCUT2D eigenvalue weighted by Gasteiger charge is -2.13. The predicted octanol–water partition coefficient (Wildman–Crippen LogP) is 4.41. The molecule has 0 spiro atoms. The third-order valence-electron chi connectivity index (χ3n) is 4.01. The summed E-state index contributed by atoms with van der Waals surface area (Å²) in [5, 5.41) is 0. The zero-order valence-electron chi connectivity index (χ0n) is 15.7. The van der Waals surface area contributed by atoms with Crippen molar-refractivity contribution in [2.45, 2.75) is 39.0 Å². The number of thioether (sulfide) groups is 1. The second kappa shape index (κ2) is 11.1. The molecule has 0 aromatic heterocycles. The highest BCUT2D eigenvalue weighted by molar-refractivity contribution is 8.26. The van der Waals surface area contributed by atoms with Gasteiger partial charge in [-0.25, -0.2) is 0 Å². The molecule has 2 rings (SSSR count). The molecular weight excluding hydrogens is 382 g/mol. The van der Waals surface area contributed by atoms with Crippen LogP contribution in [0.1, 0.15) is 44.6 Å². The number of rotatable bonds is 10. The Morgan fingerprint density at radius 1 is 1.22 bits per heavy atom. The summed E-state index contributed by atoms with van der Waals surface area (Å²) < 4.78 is 10.8. The molecule has 1 aromatic carbocycles. The van der Waals surface area contributed by atoms with E-state index in [2.05, 4.69) is 11.7 Å². The number of benzene rings is 1. The first-order valence-corrected chi connectivity index (χ1v) is 10.3. The van der Waals surface area contributed by atoms with Crippen LogP contribution in [0.2, 0.25) is 0 Å². The van der Waals surface area contributed by atoms with Gasteiger partial charge in [0.2, 0.25) is 0 Å². The van der Waals surface area contributed by atoms with Crippen molar-refractivity contribution in [1.82, 2.24) is 4.90 Å². The van der Waals surface area contributed by atoms with E-state index < -0.39 is 0 Å². The molecule has 1 amide bonds. The van der Waals surface area contributed by atoms with E-state index in [1.165, 1.54) is 18.9 Å². The molecule has 0 saturated carbocycles. The molecule has 0 N–H and O–H groups in total. The van der Waals surface area contributed by atoms with Gasteiger partial charge < -0.3 is 9.47 Å². The molecule has 1 fully saturated rings. The zero-order chi connectivity index (χ0) is 19.6. The number of esters is 1. The second-order valence-corrected chi connectivity index (χ2v) is 7.81. The number of hydrogen-bond donors (Lipinski definition) is 0. The van der Waals surface area contributed by atoms with Crippen molar-refractivity contribution in [3.63, 3.8) is 0 Å². The van der Waals surface area contributed by atoms with Crippen LogP contribution in [0, 0.1) is 0 Å². The lowest BCUT2D eigenvalue weighted by molar-refractivity contribution is -0.140. The van der Waals surface area contributed by atoms with Gasteiger partial charge in [-0.1, -0.05) is 49.5 Å². The Kier molecular flexibility index (Phi) is 8.81. The van der Waals surface area contributed by atoms with Gasteiger partial charge in [0.1, 0.15) is 10.1 Å². The van der Waals surface area contributed by atoms with Gasteiger partial charge in [-0.15, -0.1) is 0 Å². The summed E-state index contributed by atoms with van der Waals surface area (Å²) in [6.45, 7) is 3.33. The van der Waals surface area contributed by atoms with E-state index in [-0.39, 0.29) is 11.9 Å². The van der Waals surface area contributed by atoms with Crippen molar-refractivity contribution < 1.29 is 19.1 Å². The van der Waals surface area contributed by atoms with Crippen LogP contribution in [0.25, 0.3) is 6.08 Å². The molecule has 1 heterocycles. The highest BCUT2D eigenvalue weighted by atomic mass is 32.2. The Labute approximate surface area is 170 Å². The summed E-state index contributed by atoms with van der Waals surface area (Å²) in [4.78, 5) is 26.0. The van der Waals surface area contributed by atoms with Gasteiger partial charge in [0, 0.05) is 13.0 Å². The fourth-order valence-corrected chi connectivity index (χ4v) is 3.85. The van der Waals surface area contributed by atoms with Crippen LogP contribution in [-0.4, -0.2) is 41.4 Å². The van der Waals surface area contributed by atoms with Crippen LogP contribution in [-0.2, 0) is 14.3 Å². The summed E-state index contributed by atoms with van der Waals surface area (Å²) in [7, 11) is 1.39. The fourth-order valence-electron chi connectivity index (χ4n) is 2.54. The Morgan fingerprint density at radius 3 is 2.63 bits per heavy atom. The first kappa shape index (κ1) is 21.4. The number of nitrogens with zero attached hydrogens (tertiary/aromatic N) is 1. The normalized spacial score (nSPS) is 15.5. The van der Waals surface area contributed by atoms with E-state index >= 15 is 0 Å². The molecule has 1 aliphatic rings. The molecule has 0 unspecified atom stereocenters. The van der Waals surface area contributed by atoms with Crippen molar-refractivity contribution in [2.24, 2.45) is 0 Å². The van der Waals surface area contributed by atoms with Gasteiger partial charge in [-0.05, 0) is 43.0 Å². The van der Waals surface area contributed by atoms with Crippen LogP contribution in [0.15, 0.2) is 29.2 Å². The summed E-state index contributed by atoms with van der Waals surface area (Å²) in [6, 6.07) is 7.68. The van der Waals surface area contributed by atoms with Crippen LogP contribution >= 0.6 is 24.0 Å². The zero-order valence-corrected chi connectivity index (χ0v) is 17.4. The van der Waals surface area contributed by atoms with Crippen LogP contribution in [0.4, 0.5) is 0 Å². The minimum absolute atomic E-state index is 0.0516. The molecule has 5 nitrogen and oxygen atoms in total. The summed E-state index contributed by atoms with van der Waals surface area (Å²) >= 11 is 6.68. The lowest BCUT2D eigenvalue weighted by atomic mass is 10.2. The second-order valence-electron chi connectivity index (χ2n) is 6.14. The third kappa shape index (κ3) is 6.66. The maximum atomic E-state index is 12.6. The number of unbranched alkanes of at least 4 members (excludes halogenated alkanes) is 2. The van der Waals surface area contributed by atoms with Crippen LogP contribution in [0.5, 0.6) is 5.75 Å². The average Bonchev–Trinajstić information content (AvgIpc) is 2.94. The van der Waals surface area contributed by atoms with E-state index in [9.17, 15) is 9.59 Å². The molecular formula is C20H25NO4S2. The molecule has 27 heavy (non-hydrogen) atoms. The van der Waals surface area contributed by atoms with E-state index in [4.69, 9.17) is 17.0 Å². The molecule has 7 heteroatoms. The van der Waals surface area contributed by atoms with E-state index in [1.54, 1.807) is 4.90 Å². The minimum atomic E-state index is -0.199. The van der Waals surface area contributed by atoms with Gasteiger partial charge in [0.15, 0.2) is 0 Å². The number of thiocarbonyl (C=S) groups is 1. The predicted molar refractivity (Wildman–Crippen MR) is 113 cm³/mol. The number of methoxy groups -OCH3 is 1. The van der Waals surface area contributed by atoms with Gasteiger partial charge >= 0.3 is 5.97 Å². The third-order valence-corrected chi connectivity index (χ3v) is 5.39. The first-order valence-electron chi connectivity index (χ1n) is 9.10. The van der Waals surface area contributed by atoms with Crippen LogP contribution in [0.3, 0.4) is 0 Å². The smallest absolute Gasteiger partial charge is 0.305 e. The number of hydrogen-bond acceptors (Lipinski definition) is 6. The monoisotopic (exact) mass is 407 g/mol. The Morgan fingerprint density at radius 2 is 1.96 bits per heavy atom. The molecule has 146 valence electrons. The largest absolute Gasteiger partial charge is 0.494 e. The average molecular weight is 408 g/mol. The quantitative estimate of drug-likeness (QED) is 0.248. The molecule has 0 atom stereocenters. The maximum Gasteiger partial charge on any atom is 0.305 e. The molecule has 0 aliphatic carbocycles. The molecule has 0 radical (unpaired) electrons. The van der Waals surface area contributed by atoms with Crippen molar-refractivity contribution in [2.75, 3.05) is 20.3 Å². The minimum Gasteiger partial charge on any atom is -0.494 e. The summed E-state index contributed by atoms with van der Waals surface area (Å²) in [5.41, 5.74) is 0.942. The highest BCUT2D eigenvalue weighted by Gasteiger charge is 2.31. The molecule has 1 aliphatic heterocycles. The van der Waals surface area contributed by atoms with Crippen molar-refractivity contribution >= 4 is 46.3 Å². The van der Waals surface area contributed by atoms with E-state index in [0.717, 1.165) is 37.0 Å². The number of ether oxygens (including phenoxy) is 2. The van der Waals surface area contributed by atoms with Gasteiger partial charge in [0.25, 0.3) is 5.91 Å². The van der Waals surface area contributed by atoms with Crippen molar-refractivity contribution in [3.05, 3.63) is 34.7 Å².